The Balaban J connectivity index is 2.46. The van der Waals surface area contributed by atoms with Crippen LogP contribution in [-0.4, -0.2) is 25.1 Å². The molecule has 0 fully saturated rings. The monoisotopic (exact) mass is 421 g/mol. The second-order valence-corrected chi connectivity index (χ2v) is 6.11. The number of methoxy groups -OCH3 is 2. The van der Waals surface area contributed by atoms with Crippen LogP contribution in [0.15, 0.2) is 35.9 Å². The van der Waals surface area contributed by atoms with Gasteiger partial charge in [-0.2, -0.15) is 5.26 Å². The molecular formula is C18H13Cl2N3O5. The third kappa shape index (κ3) is 4.71. The Morgan fingerprint density at radius 3 is 2.39 bits per heavy atom. The Morgan fingerprint density at radius 1 is 1.21 bits per heavy atom. The van der Waals surface area contributed by atoms with Crippen LogP contribution in [0.2, 0.25) is 10.0 Å². The van der Waals surface area contributed by atoms with E-state index in [1.807, 2.05) is 0 Å². The van der Waals surface area contributed by atoms with Gasteiger partial charge in [-0.15, -0.1) is 0 Å². The Bertz CT molecular complexity index is 1020. The molecule has 8 nitrogen and oxygen atoms in total. The predicted molar refractivity (Wildman–Crippen MR) is 105 cm³/mol. The first kappa shape index (κ1) is 21.0. The van der Waals surface area contributed by atoms with Gasteiger partial charge in [0.1, 0.15) is 11.6 Å². The molecule has 0 saturated heterocycles. The SMILES string of the molecule is COc1cc(/C=C(\C#N)C(=O)Nc2ccc(Cl)cc2Cl)c([N+](=O)[O-])cc1OC. The summed E-state index contributed by atoms with van der Waals surface area (Å²) in [6.45, 7) is 0. The quantitative estimate of drug-likeness (QED) is 0.318. The van der Waals surface area contributed by atoms with E-state index < -0.39 is 10.8 Å². The Kier molecular flexibility index (Phi) is 6.82. The van der Waals surface area contributed by atoms with Crippen LogP contribution >= 0.6 is 23.2 Å². The van der Waals surface area contributed by atoms with Crippen LogP contribution in [0.1, 0.15) is 5.56 Å². The maximum Gasteiger partial charge on any atom is 0.280 e. The number of nitrogens with one attached hydrogen (secondary N) is 1. The van der Waals surface area contributed by atoms with E-state index in [9.17, 15) is 20.2 Å². The zero-order chi connectivity index (χ0) is 20.8. The number of amides is 1. The largest absolute Gasteiger partial charge is 0.493 e. The average Bonchev–Trinajstić information content (AvgIpc) is 2.67. The zero-order valence-corrected chi connectivity index (χ0v) is 16.2. The molecule has 1 N–H and O–H groups in total. The molecule has 1 amide bonds. The van der Waals surface area contributed by atoms with Crippen LogP contribution in [0.5, 0.6) is 11.5 Å². The van der Waals surface area contributed by atoms with E-state index in [0.717, 1.165) is 12.1 Å². The fraction of sp³-hybridized carbons (Fsp3) is 0.111. The number of nitriles is 1. The number of hydrogen-bond donors (Lipinski definition) is 1. The van der Waals surface area contributed by atoms with Gasteiger partial charge in [0.05, 0.1) is 41.5 Å². The molecule has 144 valence electrons. The van der Waals surface area contributed by atoms with Crippen LogP contribution in [0, 0.1) is 21.4 Å². The third-order valence-electron chi connectivity index (χ3n) is 3.57. The van der Waals surface area contributed by atoms with E-state index in [1.54, 1.807) is 6.07 Å². The lowest BCUT2D eigenvalue weighted by Crippen LogP contribution is -2.14. The molecule has 0 bridgehead atoms. The normalized spacial score (nSPS) is 10.8. The third-order valence-corrected chi connectivity index (χ3v) is 4.12. The number of rotatable bonds is 6. The number of ether oxygens (including phenoxy) is 2. The van der Waals surface area contributed by atoms with Crippen molar-refractivity contribution in [3.8, 4) is 17.6 Å². The van der Waals surface area contributed by atoms with Crippen molar-refractivity contribution in [1.82, 2.24) is 0 Å². The van der Waals surface area contributed by atoms with E-state index in [2.05, 4.69) is 5.32 Å². The van der Waals surface area contributed by atoms with Crippen LogP contribution in [0.25, 0.3) is 6.08 Å². The Labute approximate surface area is 170 Å². The predicted octanol–water partition coefficient (Wildman–Crippen LogP) is 4.46. The molecule has 2 rings (SSSR count). The topological polar surface area (TPSA) is 114 Å². The number of hydrogen-bond acceptors (Lipinski definition) is 6. The summed E-state index contributed by atoms with van der Waals surface area (Å²) in [5, 5.41) is 23.7. The molecule has 0 saturated carbocycles. The molecule has 0 radical (unpaired) electrons. The van der Waals surface area contributed by atoms with Gasteiger partial charge in [-0.3, -0.25) is 14.9 Å². The Morgan fingerprint density at radius 2 is 1.86 bits per heavy atom. The molecule has 0 spiro atoms. The van der Waals surface area contributed by atoms with Crippen LogP contribution in [0.3, 0.4) is 0 Å². The summed E-state index contributed by atoms with van der Waals surface area (Å²) < 4.78 is 10.2. The number of nitro benzene ring substituents is 1. The van der Waals surface area contributed by atoms with E-state index in [-0.39, 0.29) is 39.0 Å². The second kappa shape index (κ2) is 9.08. The number of nitro groups is 1. The van der Waals surface area contributed by atoms with Crippen molar-refractivity contribution in [1.29, 1.82) is 5.26 Å². The molecule has 28 heavy (non-hydrogen) atoms. The number of benzene rings is 2. The standard InChI is InChI=1S/C18H13Cl2N3O5/c1-27-16-6-10(15(23(25)26)8-17(16)28-2)5-11(9-21)18(24)22-14-4-3-12(19)7-13(14)20/h3-8H,1-2H3,(H,22,24)/b11-5+. The van der Waals surface area contributed by atoms with Crippen LogP contribution < -0.4 is 14.8 Å². The van der Waals surface area contributed by atoms with Gasteiger partial charge < -0.3 is 14.8 Å². The average molecular weight is 422 g/mol. The number of carbonyl (C=O) groups excluding carboxylic acids is 1. The van der Waals surface area contributed by atoms with Gasteiger partial charge in [0.25, 0.3) is 11.6 Å². The lowest BCUT2D eigenvalue weighted by Gasteiger charge is -2.09. The highest BCUT2D eigenvalue weighted by molar-refractivity contribution is 6.36. The summed E-state index contributed by atoms with van der Waals surface area (Å²) in [6.07, 6.45) is 1.08. The van der Waals surface area contributed by atoms with E-state index >= 15 is 0 Å². The molecule has 0 atom stereocenters. The van der Waals surface area contributed by atoms with E-state index in [4.69, 9.17) is 32.7 Å². The molecule has 0 heterocycles. The molecule has 0 aliphatic heterocycles. The van der Waals surface area contributed by atoms with Crippen molar-refractivity contribution in [3.63, 3.8) is 0 Å². The summed E-state index contributed by atoms with van der Waals surface area (Å²) in [5.74, 6) is -0.448. The van der Waals surface area contributed by atoms with Crippen molar-refractivity contribution in [2.75, 3.05) is 19.5 Å². The van der Waals surface area contributed by atoms with Crippen molar-refractivity contribution in [3.05, 3.63) is 61.6 Å². The fourth-order valence-corrected chi connectivity index (χ4v) is 2.70. The molecule has 10 heteroatoms. The fourth-order valence-electron chi connectivity index (χ4n) is 2.24. The highest BCUT2D eigenvalue weighted by atomic mass is 35.5. The van der Waals surface area contributed by atoms with E-state index in [1.165, 1.54) is 38.5 Å². The van der Waals surface area contributed by atoms with Gasteiger partial charge in [0, 0.05) is 5.02 Å². The number of nitrogens with zero attached hydrogens (tertiary/aromatic N) is 2. The van der Waals surface area contributed by atoms with Gasteiger partial charge in [0.15, 0.2) is 11.5 Å². The van der Waals surface area contributed by atoms with Crippen LogP contribution in [-0.2, 0) is 4.79 Å². The molecule has 0 aromatic heterocycles. The van der Waals surface area contributed by atoms with Crippen molar-refractivity contribution < 1.29 is 19.2 Å². The molecule has 2 aromatic carbocycles. The summed E-state index contributed by atoms with van der Waals surface area (Å²) in [5.41, 5.74) is -0.500. The number of anilines is 1. The lowest BCUT2D eigenvalue weighted by atomic mass is 10.1. The smallest absolute Gasteiger partial charge is 0.280 e. The first-order valence-electron chi connectivity index (χ1n) is 7.59. The molecule has 0 aliphatic rings. The number of halogens is 2. The molecule has 2 aromatic rings. The zero-order valence-electron chi connectivity index (χ0n) is 14.7. The van der Waals surface area contributed by atoms with Crippen molar-refractivity contribution in [2.24, 2.45) is 0 Å². The molecular weight excluding hydrogens is 409 g/mol. The first-order valence-corrected chi connectivity index (χ1v) is 8.35. The summed E-state index contributed by atoms with van der Waals surface area (Å²) in [7, 11) is 2.69. The van der Waals surface area contributed by atoms with Crippen molar-refractivity contribution >= 4 is 46.6 Å². The molecule has 0 aliphatic carbocycles. The Hall–Kier alpha value is -3.28. The first-order chi connectivity index (χ1) is 13.3. The minimum atomic E-state index is -0.796. The van der Waals surface area contributed by atoms with Gasteiger partial charge in [-0.05, 0) is 30.3 Å². The lowest BCUT2D eigenvalue weighted by molar-refractivity contribution is -0.385. The maximum atomic E-state index is 12.4. The van der Waals surface area contributed by atoms with Crippen LogP contribution in [0.4, 0.5) is 11.4 Å². The summed E-state index contributed by atoms with van der Waals surface area (Å²) in [4.78, 5) is 23.1. The second-order valence-electron chi connectivity index (χ2n) is 5.27. The molecule has 0 unspecified atom stereocenters. The summed E-state index contributed by atoms with van der Waals surface area (Å²) in [6, 6.07) is 8.57. The number of carbonyl (C=O) groups is 1. The maximum absolute atomic E-state index is 12.4. The minimum absolute atomic E-state index is 0.00319. The van der Waals surface area contributed by atoms with Gasteiger partial charge in [0.2, 0.25) is 0 Å². The summed E-state index contributed by atoms with van der Waals surface area (Å²) >= 11 is 11.8. The minimum Gasteiger partial charge on any atom is -0.493 e. The highest BCUT2D eigenvalue weighted by Gasteiger charge is 2.20. The van der Waals surface area contributed by atoms with Gasteiger partial charge in [-0.25, -0.2) is 0 Å². The van der Waals surface area contributed by atoms with E-state index in [0.29, 0.717) is 5.02 Å². The van der Waals surface area contributed by atoms with Gasteiger partial charge in [-0.1, -0.05) is 23.2 Å². The van der Waals surface area contributed by atoms with Gasteiger partial charge >= 0.3 is 0 Å². The van der Waals surface area contributed by atoms with Crippen molar-refractivity contribution in [2.45, 2.75) is 0 Å². The highest BCUT2D eigenvalue weighted by Crippen LogP contribution is 2.35.